The van der Waals surface area contributed by atoms with Crippen molar-refractivity contribution in [1.82, 2.24) is 15.6 Å². The van der Waals surface area contributed by atoms with Crippen LogP contribution in [0.5, 0.6) is 0 Å². The highest BCUT2D eigenvalue weighted by molar-refractivity contribution is 7.87. The van der Waals surface area contributed by atoms with Gasteiger partial charge in [0.15, 0.2) is 0 Å². The number of aliphatic hydroxyl groups excluding tert-OH is 1. The number of carbonyl (C=O) groups excluding carboxylic acids is 1. The van der Waals surface area contributed by atoms with Gasteiger partial charge in [0.25, 0.3) is 0 Å². The average Bonchev–Trinajstić information content (AvgIpc) is 3.61. The monoisotopic (exact) mass is 588 g/mol. The third-order valence-electron chi connectivity index (χ3n) is 5.79. The molecule has 0 bridgehead atoms. The molecule has 10 nitrogen and oxygen atoms in total. The van der Waals surface area contributed by atoms with Crippen molar-refractivity contribution in [3.8, 4) is 9.88 Å². The minimum Gasteiger partial charge on any atom is -0.453 e. The van der Waals surface area contributed by atoms with Gasteiger partial charge in [0.05, 0.1) is 35.5 Å². The summed E-state index contributed by atoms with van der Waals surface area (Å²) in [6.07, 6.45) is -1.08. The zero-order valence-electron chi connectivity index (χ0n) is 20.9. The van der Waals surface area contributed by atoms with E-state index in [2.05, 4.69) is 10.6 Å². The fourth-order valence-electron chi connectivity index (χ4n) is 3.94. The summed E-state index contributed by atoms with van der Waals surface area (Å²) in [5.74, 6) is 0. The van der Waals surface area contributed by atoms with Gasteiger partial charge in [-0.05, 0) is 47.5 Å². The third-order valence-corrected chi connectivity index (χ3v) is 8.18. The van der Waals surface area contributed by atoms with E-state index in [0.717, 1.165) is 21.0 Å². The third kappa shape index (κ3) is 8.58. The summed E-state index contributed by atoms with van der Waals surface area (Å²) in [6, 6.07) is 18.8. The van der Waals surface area contributed by atoms with Crippen LogP contribution in [-0.4, -0.2) is 48.5 Å². The van der Waals surface area contributed by atoms with Crippen molar-refractivity contribution < 1.29 is 27.6 Å². The number of thiazole rings is 1. The highest BCUT2D eigenvalue weighted by atomic mass is 32.2. The van der Waals surface area contributed by atoms with Crippen molar-refractivity contribution in [3.63, 3.8) is 0 Å². The molecule has 4 rings (SSSR count). The van der Waals surface area contributed by atoms with E-state index in [4.69, 9.17) is 14.3 Å². The van der Waals surface area contributed by atoms with Crippen LogP contribution in [0.15, 0.2) is 77.5 Å². The standard InChI is InChI=1S/C26H28N4O6S3/c1-36-26(32)29-21(15-17-6-3-2-4-7-17)24(31)27-20(22-16-38-25(28-22)23-8-5-13-37-23)14-18-9-11-19(12-10-18)30-39(33,34)35/h2-13,16,20-21,24,27,30-31H,14-15H2,1H3,(H,29,32)(H,33,34,35). The number of nitrogens with zero attached hydrogens (tertiary/aromatic N) is 1. The topological polar surface area (TPSA) is 150 Å². The maximum absolute atomic E-state index is 12.1. The molecule has 3 atom stereocenters. The SMILES string of the molecule is COC(=O)NC(Cc1ccccc1)C(O)NC(Cc1ccc(NS(=O)(=O)O)cc1)c1csc(-c2cccs2)n1. The summed E-state index contributed by atoms with van der Waals surface area (Å²) in [6.45, 7) is 0. The van der Waals surface area contributed by atoms with Crippen LogP contribution in [-0.2, 0) is 27.9 Å². The number of nitrogens with one attached hydrogen (secondary N) is 3. The molecule has 0 fully saturated rings. The van der Waals surface area contributed by atoms with Crippen LogP contribution in [0.4, 0.5) is 10.5 Å². The molecule has 5 N–H and O–H groups in total. The van der Waals surface area contributed by atoms with Gasteiger partial charge in [0.2, 0.25) is 0 Å². The number of thiophene rings is 1. The molecule has 4 aromatic rings. The first-order valence-corrected chi connectivity index (χ1v) is 15.1. The van der Waals surface area contributed by atoms with Crippen molar-refractivity contribution >= 4 is 44.8 Å². The number of hydrogen-bond donors (Lipinski definition) is 5. The quantitative estimate of drug-likeness (QED) is 0.122. The van der Waals surface area contributed by atoms with Crippen LogP contribution in [0.3, 0.4) is 0 Å². The zero-order valence-corrected chi connectivity index (χ0v) is 23.3. The van der Waals surface area contributed by atoms with Gasteiger partial charge in [-0.25, -0.2) is 9.78 Å². The number of rotatable bonds is 12. The van der Waals surface area contributed by atoms with Gasteiger partial charge in [-0.2, -0.15) is 8.42 Å². The average molecular weight is 589 g/mol. The number of ether oxygens (including phenoxy) is 1. The zero-order chi connectivity index (χ0) is 27.8. The van der Waals surface area contributed by atoms with Gasteiger partial charge in [0, 0.05) is 5.38 Å². The summed E-state index contributed by atoms with van der Waals surface area (Å²) < 4.78 is 38.1. The summed E-state index contributed by atoms with van der Waals surface area (Å²) in [4.78, 5) is 17.9. The molecule has 13 heteroatoms. The first-order chi connectivity index (χ1) is 18.7. The number of benzene rings is 2. The molecule has 0 radical (unpaired) electrons. The Bertz CT molecular complexity index is 1440. The lowest BCUT2D eigenvalue weighted by atomic mass is 10.0. The van der Waals surface area contributed by atoms with Crippen LogP contribution < -0.4 is 15.4 Å². The number of alkyl carbamates (subject to hydrolysis) is 1. The van der Waals surface area contributed by atoms with Crippen LogP contribution in [0.1, 0.15) is 22.9 Å². The highest BCUT2D eigenvalue weighted by Gasteiger charge is 2.27. The molecular weight excluding hydrogens is 561 g/mol. The van der Waals surface area contributed by atoms with E-state index in [-0.39, 0.29) is 5.69 Å². The Morgan fingerprint density at radius 3 is 2.36 bits per heavy atom. The molecule has 39 heavy (non-hydrogen) atoms. The molecule has 0 saturated heterocycles. The van der Waals surface area contributed by atoms with Crippen LogP contribution >= 0.6 is 22.7 Å². The molecule has 0 spiro atoms. The number of carbonyl (C=O) groups is 1. The number of methoxy groups -OCH3 is 1. The summed E-state index contributed by atoms with van der Waals surface area (Å²) in [7, 11) is -3.12. The van der Waals surface area contributed by atoms with Crippen LogP contribution in [0, 0.1) is 0 Å². The summed E-state index contributed by atoms with van der Waals surface area (Å²) in [5, 5.41) is 22.0. The maximum atomic E-state index is 12.1. The fourth-order valence-corrected chi connectivity index (χ4v) is 6.07. The predicted molar refractivity (Wildman–Crippen MR) is 152 cm³/mol. The first-order valence-electron chi connectivity index (χ1n) is 11.9. The highest BCUT2D eigenvalue weighted by Crippen LogP contribution is 2.31. The Balaban J connectivity index is 1.58. The lowest BCUT2D eigenvalue weighted by Crippen LogP contribution is -2.52. The largest absolute Gasteiger partial charge is 0.453 e. The molecule has 0 saturated carbocycles. The van der Waals surface area contributed by atoms with Crippen LogP contribution in [0.25, 0.3) is 9.88 Å². The van der Waals surface area contributed by atoms with E-state index in [1.807, 2.05) is 57.9 Å². The van der Waals surface area contributed by atoms with E-state index in [0.29, 0.717) is 18.5 Å². The minimum absolute atomic E-state index is 0.213. The van der Waals surface area contributed by atoms with Crippen molar-refractivity contribution in [2.45, 2.75) is 31.2 Å². The Hall–Kier alpha value is -3.33. The molecule has 2 aromatic heterocycles. The van der Waals surface area contributed by atoms with Gasteiger partial charge < -0.3 is 15.2 Å². The molecule has 3 unspecified atom stereocenters. The molecule has 0 aliphatic rings. The Morgan fingerprint density at radius 2 is 1.72 bits per heavy atom. The molecule has 0 aliphatic carbocycles. The number of aliphatic hydroxyl groups is 1. The molecule has 206 valence electrons. The van der Waals surface area contributed by atoms with Gasteiger partial charge >= 0.3 is 16.4 Å². The van der Waals surface area contributed by atoms with Gasteiger partial charge in [-0.15, -0.1) is 22.7 Å². The van der Waals surface area contributed by atoms with E-state index >= 15 is 0 Å². The van der Waals surface area contributed by atoms with Gasteiger partial charge in [-0.1, -0.05) is 48.5 Å². The smallest absolute Gasteiger partial charge is 0.407 e. The van der Waals surface area contributed by atoms with Crippen molar-refractivity contribution in [2.24, 2.45) is 0 Å². The van der Waals surface area contributed by atoms with Crippen molar-refractivity contribution in [3.05, 3.63) is 94.3 Å². The van der Waals surface area contributed by atoms with Crippen LogP contribution in [0.2, 0.25) is 0 Å². The Labute approximate surface area is 234 Å². The predicted octanol–water partition coefficient (Wildman–Crippen LogP) is 4.25. The second kappa shape index (κ2) is 13.2. The number of amides is 1. The van der Waals surface area contributed by atoms with Gasteiger partial charge in [0.1, 0.15) is 11.2 Å². The minimum atomic E-state index is -4.39. The molecular formula is C26H28N4O6S3. The van der Waals surface area contributed by atoms with E-state index < -0.39 is 34.7 Å². The lowest BCUT2D eigenvalue weighted by Gasteiger charge is -2.28. The molecule has 1 amide bonds. The first kappa shape index (κ1) is 28.7. The Morgan fingerprint density at radius 1 is 1.00 bits per heavy atom. The normalized spacial score (nSPS) is 13.8. The van der Waals surface area contributed by atoms with Crippen molar-refractivity contribution in [1.29, 1.82) is 0 Å². The van der Waals surface area contributed by atoms with E-state index in [1.165, 1.54) is 30.6 Å². The fraction of sp³-hybridized carbons (Fsp3) is 0.231. The van der Waals surface area contributed by atoms with E-state index in [9.17, 15) is 18.3 Å². The second-order valence-corrected chi connectivity index (χ2v) is 11.6. The second-order valence-electron chi connectivity index (χ2n) is 8.63. The maximum Gasteiger partial charge on any atom is 0.407 e. The van der Waals surface area contributed by atoms with Gasteiger partial charge in [-0.3, -0.25) is 14.6 Å². The summed E-state index contributed by atoms with van der Waals surface area (Å²) in [5.41, 5.74) is 2.67. The molecule has 0 aliphatic heterocycles. The molecule has 2 aromatic carbocycles. The van der Waals surface area contributed by atoms with Crippen molar-refractivity contribution in [2.75, 3.05) is 11.8 Å². The Kier molecular flexibility index (Phi) is 9.67. The lowest BCUT2D eigenvalue weighted by molar-refractivity contribution is 0.0753. The van der Waals surface area contributed by atoms with E-state index in [1.54, 1.807) is 23.5 Å². The summed E-state index contributed by atoms with van der Waals surface area (Å²) >= 11 is 3.07. The number of anilines is 1. The number of hydrogen-bond acceptors (Lipinski definition) is 9. The molecule has 2 heterocycles. The number of aromatic nitrogens is 1.